The van der Waals surface area contributed by atoms with E-state index in [2.05, 4.69) is 10.4 Å². The van der Waals surface area contributed by atoms with Crippen molar-refractivity contribution >= 4 is 11.7 Å². The molecule has 0 saturated carbocycles. The molecule has 0 fully saturated rings. The highest BCUT2D eigenvalue weighted by molar-refractivity contribution is 5.81. The summed E-state index contributed by atoms with van der Waals surface area (Å²) in [7, 11) is 5.30. The number of methoxy groups -OCH3 is 1. The van der Waals surface area contributed by atoms with Crippen LogP contribution in [0.5, 0.6) is 0 Å². The number of carbonyl (C=O) groups excluding carboxylic acids is 1. The van der Waals surface area contributed by atoms with Crippen LogP contribution in [-0.2, 0) is 23.1 Å². The number of ether oxygens (including phenoxy) is 1. The minimum absolute atomic E-state index is 0.0543. The van der Waals surface area contributed by atoms with Gasteiger partial charge in [-0.25, -0.2) is 0 Å². The molecule has 1 amide bonds. The van der Waals surface area contributed by atoms with Gasteiger partial charge in [0.2, 0.25) is 5.91 Å². The summed E-state index contributed by atoms with van der Waals surface area (Å²) in [5.74, 6) is 0.822. The molecule has 0 aliphatic rings. The van der Waals surface area contributed by atoms with Crippen LogP contribution in [0.4, 0.5) is 5.82 Å². The number of carbonyl (C=O) groups is 1. The maximum absolute atomic E-state index is 11.8. The average molecular weight is 269 g/mol. The third-order valence-electron chi connectivity index (χ3n) is 2.89. The topological polar surface area (TPSA) is 85.4 Å². The number of nitrogens with zero attached hydrogens (tertiary/aromatic N) is 3. The second-order valence-corrected chi connectivity index (χ2v) is 4.41. The molecule has 0 bridgehead atoms. The normalized spacial score (nSPS) is 10.6. The highest BCUT2D eigenvalue weighted by Gasteiger charge is 2.17. The molecule has 0 saturated heterocycles. The van der Waals surface area contributed by atoms with Crippen molar-refractivity contribution in [3.05, 3.63) is 11.3 Å². The maximum Gasteiger partial charge on any atom is 0.239 e. The Morgan fingerprint density at radius 1 is 1.58 bits per heavy atom. The molecule has 1 rings (SSSR count). The number of hydrogen-bond donors (Lipinski definition) is 2. The van der Waals surface area contributed by atoms with Gasteiger partial charge in [0.05, 0.1) is 18.8 Å². The van der Waals surface area contributed by atoms with Gasteiger partial charge in [-0.2, -0.15) is 5.10 Å². The van der Waals surface area contributed by atoms with Crippen molar-refractivity contribution in [1.29, 1.82) is 0 Å². The molecule has 7 heteroatoms. The molecular weight excluding hydrogens is 246 g/mol. The zero-order valence-corrected chi connectivity index (χ0v) is 12.1. The summed E-state index contributed by atoms with van der Waals surface area (Å²) in [5.41, 5.74) is 7.60. The molecule has 0 atom stereocenters. The molecule has 0 radical (unpaired) electrons. The smallest absolute Gasteiger partial charge is 0.239 e. The number of hydrogen-bond acceptors (Lipinski definition) is 5. The lowest BCUT2D eigenvalue weighted by molar-refractivity contribution is -0.119. The first kappa shape index (κ1) is 15.5. The van der Waals surface area contributed by atoms with Gasteiger partial charge in [-0.3, -0.25) is 9.48 Å². The predicted molar refractivity (Wildman–Crippen MR) is 74.0 cm³/mol. The van der Waals surface area contributed by atoms with Gasteiger partial charge in [-0.1, -0.05) is 0 Å². The van der Waals surface area contributed by atoms with Crippen molar-refractivity contribution in [1.82, 2.24) is 15.1 Å². The van der Waals surface area contributed by atoms with E-state index in [1.165, 1.54) is 0 Å². The molecular formula is C12H23N5O2. The summed E-state index contributed by atoms with van der Waals surface area (Å²) in [6, 6.07) is 0. The van der Waals surface area contributed by atoms with Gasteiger partial charge >= 0.3 is 0 Å². The van der Waals surface area contributed by atoms with E-state index < -0.39 is 0 Å². The van der Waals surface area contributed by atoms with E-state index in [9.17, 15) is 4.79 Å². The van der Waals surface area contributed by atoms with Crippen molar-refractivity contribution in [2.45, 2.75) is 13.5 Å². The second kappa shape index (κ2) is 7.10. The monoisotopic (exact) mass is 269 g/mol. The van der Waals surface area contributed by atoms with Crippen LogP contribution in [0.15, 0.2) is 0 Å². The summed E-state index contributed by atoms with van der Waals surface area (Å²) < 4.78 is 6.63. The van der Waals surface area contributed by atoms with E-state index in [-0.39, 0.29) is 12.5 Å². The molecule has 1 aromatic heterocycles. The first-order valence-corrected chi connectivity index (χ1v) is 6.20. The lowest BCUT2D eigenvalue weighted by Gasteiger charge is -2.20. The molecule has 0 aromatic carbocycles. The summed E-state index contributed by atoms with van der Waals surface area (Å²) in [6.45, 7) is 3.60. The van der Waals surface area contributed by atoms with Crippen LogP contribution in [0.1, 0.15) is 11.3 Å². The Labute approximate surface area is 113 Å². The van der Waals surface area contributed by atoms with Crippen molar-refractivity contribution in [3.63, 3.8) is 0 Å². The number of likely N-dealkylation sites (N-methyl/N-ethyl adjacent to an activating group) is 1. The van der Waals surface area contributed by atoms with Gasteiger partial charge in [-0.15, -0.1) is 0 Å². The molecule has 108 valence electrons. The van der Waals surface area contributed by atoms with Crippen LogP contribution in [-0.4, -0.2) is 49.5 Å². The van der Waals surface area contributed by atoms with Gasteiger partial charge < -0.3 is 20.7 Å². The number of anilines is 1. The summed E-state index contributed by atoms with van der Waals surface area (Å²) in [6.07, 6.45) is 0. The molecule has 7 nitrogen and oxygen atoms in total. The van der Waals surface area contributed by atoms with Crippen LogP contribution in [0.3, 0.4) is 0 Å². The van der Waals surface area contributed by atoms with Gasteiger partial charge in [-0.05, 0) is 6.92 Å². The summed E-state index contributed by atoms with van der Waals surface area (Å²) in [5, 5.41) is 7.11. The van der Waals surface area contributed by atoms with E-state index in [1.807, 2.05) is 25.9 Å². The molecule has 0 spiro atoms. The summed E-state index contributed by atoms with van der Waals surface area (Å²) in [4.78, 5) is 13.6. The van der Waals surface area contributed by atoms with E-state index in [0.29, 0.717) is 19.7 Å². The molecule has 0 aliphatic heterocycles. The number of aryl methyl sites for hydroxylation is 2. The predicted octanol–water partition coefficient (Wildman–Crippen LogP) is -0.614. The Balaban J connectivity index is 2.67. The Morgan fingerprint density at radius 3 is 2.84 bits per heavy atom. The van der Waals surface area contributed by atoms with Crippen molar-refractivity contribution in [2.24, 2.45) is 12.8 Å². The van der Waals surface area contributed by atoms with Crippen LogP contribution in [0.25, 0.3) is 0 Å². The van der Waals surface area contributed by atoms with Crippen LogP contribution >= 0.6 is 0 Å². The number of nitrogens with two attached hydrogens (primary N) is 1. The van der Waals surface area contributed by atoms with Crippen molar-refractivity contribution in [2.75, 3.05) is 38.8 Å². The molecule has 0 aliphatic carbocycles. The number of rotatable bonds is 7. The zero-order valence-electron chi connectivity index (χ0n) is 12.1. The van der Waals surface area contributed by atoms with Crippen LogP contribution in [0.2, 0.25) is 0 Å². The van der Waals surface area contributed by atoms with E-state index >= 15 is 0 Å². The average Bonchev–Trinajstić information content (AvgIpc) is 2.63. The lowest BCUT2D eigenvalue weighted by Crippen LogP contribution is -2.37. The SMILES string of the molecule is COCCNC(=O)CN(C)c1c(CN)c(C)nn1C. The molecule has 3 N–H and O–H groups in total. The third-order valence-corrected chi connectivity index (χ3v) is 2.89. The Morgan fingerprint density at radius 2 is 2.26 bits per heavy atom. The molecule has 19 heavy (non-hydrogen) atoms. The summed E-state index contributed by atoms with van der Waals surface area (Å²) >= 11 is 0. The van der Waals surface area contributed by atoms with Gasteiger partial charge in [0.15, 0.2) is 0 Å². The number of amides is 1. The van der Waals surface area contributed by atoms with Crippen molar-refractivity contribution < 1.29 is 9.53 Å². The zero-order chi connectivity index (χ0) is 14.4. The number of nitrogens with one attached hydrogen (secondary N) is 1. The Hall–Kier alpha value is -1.60. The standard InChI is InChI=1S/C12H23N5O2/c1-9-10(7-13)12(17(3)15-9)16(2)8-11(18)14-5-6-19-4/h5-8,13H2,1-4H3,(H,14,18). The minimum atomic E-state index is -0.0543. The fourth-order valence-corrected chi connectivity index (χ4v) is 2.04. The van der Waals surface area contributed by atoms with E-state index in [4.69, 9.17) is 10.5 Å². The molecule has 0 unspecified atom stereocenters. The molecule has 1 heterocycles. The van der Waals surface area contributed by atoms with Crippen LogP contribution in [0, 0.1) is 6.92 Å². The van der Waals surface area contributed by atoms with Gasteiger partial charge in [0, 0.05) is 39.9 Å². The quantitative estimate of drug-likeness (QED) is 0.645. The fourth-order valence-electron chi connectivity index (χ4n) is 2.04. The highest BCUT2D eigenvalue weighted by atomic mass is 16.5. The Kier molecular flexibility index (Phi) is 5.78. The third kappa shape index (κ3) is 3.93. The van der Waals surface area contributed by atoms with E-state index in [0.717, 1.165) is 17.1 Å². The largest absolute Gasteiger partial charge is 0.383 e. The van der Waals surface area contributed by atoms with Gasteiger partial charge in [0.25, 0.3) is 0 Å². The molecule has 1 aromatic rings. The second-order valence-electron chi connectivity index (χ2n) is 4.41. The number of aromatic nitrogens is 2. The first-order chi connectivity index (χ1) is 9.01. The first-order valence-electron chi connectivity index (χ1n) is 6.20. The van der Waals surface area contributed by atoms with Crippen molar-refractivity contribution in [3.8, 4) is 0 Å². The van der Waals surface area contributed by atoms with E-state index in [1.54, 1.807) is 11.8 Å². The van der Waals surface area contributed by atoms with Crippen LogP contribution < -0.4 is 16.0 Å². The fraction of sp³-hybridized carbons (Fsp3) is 0.667. The Bertz CT molecular complexity index is 430. The highest BCUT2D eigenvalue weighted by Crippen LogP contribution is 2.21. The lowest BCUT2D eigenvalue weighted by atomic mass is 10.2. The maximum atomic E-state index is 11.8. The van der Waals surface area contributed by atoms with Gasteiger partial charge in [0.1, 0.15) is 5.82 Å². The minimum Gasteiger partial charge on any atom is -0.383 e.